The van der Waals surface area contributed by atoms with Crippen molar-refractivity contribution >= 4 is 6.21 Å². The maximum atomic E-state index is 13.8. The third-order valence-electron chi connectivity index (χ3n) is 3.00. The van der Waals surface area contributed by atoms with Crippen LogP contribution in [0.1, 0.15) is 24.5 Å². The van der Waals surface area contributed by atoms with Crippen molar-refractivity contribution in [1.82, 2.24) is 5.32 Å². The van der Waals surface area contributed by atoms with Crippen LogP contribution in [0.2, 0.25) is 0 Å². The van der Waals surface area contributed by atoms with Crippen molar-refractivity contribution in [2.45, 2.75) is 25.8 Å². The second kappa shape index (κ2) is 5.96. The number of nitrogens with zero attached hydrogens (tertiary/aromatic N) is 1. The lowest BCUT2D eigenvalue weighted by Gasteiger charge is -2.26. The van der Waals surface area contributed by atoms with Gasteiger partial charge in [-0.3, -0.25) is 4.99 Å². The zero-order valence-electron chi connectivity index (χ0n) is 10.9. The van der Waals surface area contributed by atoms with Crippen molar-refractivity contribution in [3.8, 4) is 5.75 Å². The predicted octanol–water partition coefficient (Wildman–Crippen LogP) is 2.18. The van der Waals surface area contributed by atoms with Crippen LogP contribution in [-0.2, 0) is 6.42 Å². The monoisotopic (exact) mass is 250 g/mol. The standard InChI is InChI=1S/C14H19FN2O/c1-3-4-17-12-7-11-5-10(8-16-2)6-13(15)14(11)18-9-12/h5-6,8,12,17H,3-4,7,9H2,1-2H3. The van der Waals surface area contributed by atoms with Crippen molar-refractivity contribution in [2.75, 3.05) is 20.2 Å². The van der Waals surface area contributed by atoms with Gasteiger partial charge in [-0.1, -0.05) is 6.92 Å². The van der Waals surface area contributed by atoms with E-state index in [0.717, 1.165) is 30.5 Å². The molecule has 0 spiro atoms. The van der Waals surface area contributed by atoms with Gasteiger partial charge in [0, 0.05) is 19.3 Å². The summed E-state index contributed by atoms with van der Waals surface area (Å²) in [6, 6.07) is 3.68. The number of hydrogen-bond donors (Lipinski definition) is 1. The molecule has 1 heterocycles. The molecule has 0 fully saturated rings. The van der Waals surface area contributed by atoms with Gasteiger partial charge in [0.25, 0.3) is 0 Å². The molecule has 0 saturated heterocycles. The third kappa shape index (κ3) is 2.88. The highest BCUT2D eigenvalue weighted by Crippen LogP contribution is 2.29. The van der Waals surface area contributed by atoms with Crippen LogP contribution in [0.3, 0.4) is 0 Å². The predicted molar refractivity (Wildman–Crippen MR) is 71.2 cm³/mol. The Kier molecular flexibility index (Phi) is 4.31. The van der Waals surface area contributed by atoms with E-state index in [1.54, 1.807) is 13.3 Å². The molecule has 98 valence electrons. The summed E-state index contributed by atoms with van der Waals surface area (Å²) in [6.45, 7) is 3.62. The van der Waals surface area contributed by atoms with Crippen molar-refractivity contribution in [3.05, 3.63) is 29.1 Å². The van der Waals surface area contributed by atoms with Gasteiger partial charge in [0.15, 0.2) is 11.6 Å². The Hall–Kier alpha value is -1.42. The molecule has 3 nitrogen and oxygen atoms in total. The minimum Gasteiger partial charge on any atom is -0.489 e. The van der Waals surface area contributed by atoms with Crippen LogP contribution < -0.4 is 10.1 Å². The smallest absolute Gasteiger partial charge is 0.166 e. The number of hydrogen-bond acceptors (Lipinski definition) is 3. The zero-order valence-corrected chi connectivity index (χ0v) is 10.9. The number of fused-ring (bicyclic) bond motifs is 1. The fourth-order valence-corrected chi connectivity index (χ4v) is 2.20. The van der Waals surface area contributed by atoms with Gasteiger partial charge in [-0.2, -0.15) is 0 Å². The number of aliphatic imine (C=N–C) groups is 1. The number of benzene rings is 1. The fourth-order valence-electron chi connectivity index (χ4n) is 2.20. The van der Waals surface area contributed by atoms with Crippen LogP contribution in [0.15, 0.2) is 17.1 Å². The van der Waals surface area contributed by atoms with E-state index in [9.17, 15) is 4.39 Å². The highest BCUT2D eigenvalue weighted by Gasteiger charge is 2.22. The number of nitrogens with one attached hydrogen (secondary N) is 1. The first-order chi connectivity index (χ1) is 8.74. The molecule has 0 aliphatic carbocycles. The minimum absolute atomic E-state index is 0.269. The average molecular weight is 250 g/mol. The Morgan fingerprint density at radius 3 is 3.11 bits per heavy atom. The van der Waals surface area contributed by atoms with E-state index in [2.05, 4.69) is 17.2 Å². The summed E-state index contributed by atoms with van der Waals surface area (Å²) in [7, 11) is 1.68. The summed E-state index contributed by atoms with van der Waals surface area (Å²) in [6.07, 6.45) is 3.55. The summed E-state index contributed by atoms with van der Waals surface area (Å²) in [5.41, 5.74) is 1.71. The molecule has 2 rings (SSSR count). The fraction of sp³-hybridized carbons (Fsp3) is 0.500. The van der Waals surface area contributed by atoms with Crippen LogP contribution in [0.25, 0.3) is 0 Å². The van der Waals surface area contributed by atoms with Crippen molar-refractivity contribution in [1.29, 1.82) is 0 Å². The lowest BCUT2D eigenvalue weighted by Crippen LogP contribution is -2.39. The molecule has 4 heteroatoms. The molecule has 1 N–H and O–H groups in total. The van der Waals surface area contributed by atoms with Gasteiger partial charge in [-0.25, -0.2) is 4.39 Å². The summed E-state index contributed by atoms with van der Waals surface area (Å²) >= 11 is 0. The van der Waals surface area contributed by atoms with Crippen LogP contribution >= 0.6 is 0 Å². The van der Waals surface area contributed by atoms with E-state index in [4.69, 9.17) is 4.74 Å². The molecule has 1 aliphatic rings. The second-order valence-corrected chi connectivity index (χ2v) is 4.54. The van der Waals surface area contributed by atoms with Crippen molar-refractivity contribution < 1.29 is 9.13 Å². The summed E-state index contributed by atoms with van der Waals surface area (Å²) in [5, 5.41) is 3.40. The molecular weight excluding hydrogens is 231 g/mol. The van der Waals surface area contributed by atoms with E-state index in [0.29, 0.717) is 12.4 Å². The molecule has 0 radical (unpaired) electrons. The average Bonchev–Trinajstić information content (AvgIpc) is 2.36. The molecular formula is C14H19FN2O. The molecule has 1 aromatic carbocycles. The van der Waals surface area contributed by atoms with E-state index in [-0.39, 0.29) is 11.9 Å². The second-order valence-electron chi connectivity index (χ2n) is 4.54. The molecule has 1 unspecified atom stereocenters. The van der Waals surface area contributed by atoms with E-state index >= 15 is 0 Å². The maximum absolute atomic E-state index is 13.8. The molecule has 0 amide bonds. The topological polar surface area (TPSA) is 33.6 Å². The Morgan fingerprint density at radius 1 is 1.56 bits per heavy atom. The maximum Gasteiger partial charge on any atom is 0.166 e. The molecule has 0 saturated carbocycles. The van der Waals surface area contributed by atoms with Crippen LogP contribution in [0.5, 0.6) is 5.75 Å². The number of ether oxygens (including phenoxy) is 1. The molecule has 1 aliphatic heterocycles. The summed E-state index contributed by atoms with van der Waals surface area (Å²) in [4.78, 5) is 3.92. The third-order valence-corrected chi connectivity index (χ3v) is 3.00. The summed E-state index contributed by atoms with van der Waals surface area (Å²) in [5.74, 6) is 0.106. The first-order valence-electron chi connectivity index (χ1n) is 6.35. The highest BCUT2D eigenvalue weighted by atomic mass is 19.1. The van der Waals surface area contributed by atoms with Gasteiger partial charge >= 0.3 is 0 Å². The quantitative estimate of drug-likeness (QED) is 0.831. The first-order valence-corrected chi connectivity index (χ1v) is 6.35. The van der Waals surface area contributed by atoms with Gasteiger partial charge in [0.05, 0.1) is 0 Å². The van der Waals surface area contributed by atoms with E-state index in [1.807, 2.05) is 6.07 Å². The van der Waals surface area contributed by atoms with Crippen molar-refractivity contribution in [2.24, 2.45) is 4.99 Å². The first kappa shape index (κ1) is 13.0. The Balaban J connectivity index is 2.19. The number of rotatable bonds is 4. The molecule has 1 atom stereocenters. The molecule has 0 bridgehead atoms. The Morgan fingerprint density at radius 2 is 2.39 bits per heavy atom. The van der Waals surface area contributed by atoms with Gasteiger partial charge in [0.2, 0.25) is 0 Å². The number of halogens is 1. The normalized spacial score (nSPS) is 18.7. The van der Waals surface area contributed by atoms with Crippen LogP contribution in [0.4, 0.5) is 4.39 Å². The van der Waals surface area contributed by atoms with E-state index < -0.39 is 0 Å². The Bertz CT molecular complexity index is 446. The molecule has 18 heavy (non-hydrogen) atoms. The SMILES string of the molecule is CCCNC1COc2c(F)cc(C=NC)cc2C1. The van der Waals surface area contributed by atoms with Crippen LogP contribution in [0, 0.1) is 5.82 Å². The van der Waals surface area contributed by atoms with Gasteiger partial charge in [-0.15, -0.1) is 0 Å². The minimum atomic E-state index is -0.295. The summed E-state index contributed by atoms with van der Waals surface area (Å²) < 4.78 is 19.3. The highest BCUT2D eigenvalue weighted by molar-refractivity contribution is 5.80. The van der Waals surface area contributed by atoms with Crippen molar-refractivity contribution in [3.63, 3.8) is 0 Å². The molecule has 0 aromatic heterocycles. The van der Waals surface area contributed by atoms with Gasteiger partial charge in [0.1, 0.15) is 6.61 Å². The van der Waals surface area contributed by atoms with Gasteiger partial charge < -0.3 is 10.1 Å². The zero-order chi connectivity index (χ0) is 13.0. The van der Waals surface area contributed by atoms with E-state index in [1.165, 1.54) is 6.07 Å². The van der Waals surface area contributed by atoms with Gasteiger partial charge in [-0.05, 0) is 42.6 Å². The lowest BCUT2D eigenvalue weighted by atomic mass is 10.00. The molecule has 1 aromatic rings. The lowest BCUT2D eigenvalue weighted by molar-refractivity contribution is 0.228. The van der Waals surface area contributed by atoms with Crippen LogP contribution in [-0.4, -0.2) is 32.5 Å². The Labute approximate surface area is 107 Å². The largest absolute Gasteiger partial charge is 0.489 e.